The summed E-state index contributed by atoms with van der Waals surface area (Å²) in [7, 11) is 0. The fraction of sp³-hybridized carbons (Fsp3) is 0.500. The number of nitrogens with zero attached hydrogens (tertiary/aromatic N) is 1. The molecule has 1 saturated heterocycles. The van der Waals surface area contributed by atoms with Gasteiger partial charge in [-0.3, -0.25) is 4.79 Å². The normalized spacial score (nSPS) is 17.2. The summed E-state index contributed by atoms with van der Waals surface area (Å²) in [6.45, 7) is -0.0434. The number of amides is 1. The lowest BCUT2D eigenvalue weighted by molar-refractivity contribution is -0.186. The van der Waals surface area contributed by atoms with Crippen LogP contribution in [-0.4, -0.2) is 41.1 Å². The van der Waals surface area contributed by atoms with E-state index in [9.17, 15) is 22.8 Å². The highest BCUT2D eigenvalue weighted by atomic mass is 19.4. The maximum Gasteiger partial charge on any atom is 0.471 e. The van der Waals surface area contributed by atoms with E-state index in [0.29, 0.717) is 18.6 Å². The molecule has 0 saturated carbocycles. The average molecular weight is 291 g/mol. The Labute approximate surface area is 112 Å². The predicted octanol–water partition coefficient (Wildman–Crippen LogP) is 2.25. The maximum absolute atomic E-state index is 12.3. The Bertz CT molecular complexity index is 515. The molecule has 0 aliphatic carbocycles. The highest BCUT2D eigenvalue weighted by Gasteiger charge is 2.43. The monoisotopic (exact) mass is 291 g/mol. The number of furan rings is 1. The maximum atomic E-state index is 12.3. The number of rotatable bonds is 2. The molecular weight excluding hydrogens is 279 g/mol. The molecular formula is C12H12F3NO4. The molecule has 2 heterocycles. The second-order valence-corrected chi connectivity index (χ2v) is 4.57. The lowest BCUT2D eigenvalue weighted by Gasteiger charge is -2.31. The molecule has 5 nitrogen and oxygen atoms in total. The van der Waals surface area contributed by atoms with E-state index in [1.165, 1.54) is 12.1 Å². The first kappa shape index (κ1) is 14.4. The van der Waals surface area contributed by atoms with Gasteiger partial charge in [-0.05, 0) is 25.0 Å². The molecule has 0 aromatic carbocycles. The van der Waals surface area contributed by atoms with Crippen LogP contribution < -0.4 is 0 Å². The van der Waals surface area contributed by atoms with Gasteiger partial charge in [0.1, 0.15) is 5.76 Å². The van der Waals surface area contributed by atoms with Crippen molar-refractivity contribution in [3.63, 3.8) is 0 Å². The summed E-state index contributed by atoms with van der Waals surface area (Å²) in [5.41, 5.74) is 0. The average Bonchev–Trinajstić information content (AvgIpc) is 2.86. The first-order valence-corrected chi connectivity index (χ1v) is 5.98. The van der Waals surface area contributed by atoms with Crippen LogP contribution in [-0.2, 0) is 4.79 Å². The lowest BCUT2D eigenvalue weighted by Crippen LogP contribution is -2.44. The van der Waals surface area contributed by atoms with Crippen molar-refractivity contribution in [3.8, 4) is 0 Å². The zero-order valence-corrected chi connectivity index (χ0v) is 10.3. The number of likely N-dealkylation sites (tertiary alicyclic amines) is 1. The van der Waals surface area contributed by atoms with Gasteiger partial charge in [0.2, 0.25) is 5.76 Å². The Morgan fingerprint density at radius 1 is 1.25 bits per heavy atom. The van der Waals surface area contributed by atoms with Crippen LogP contribution in [0.1, 0.15) is 35.1 Å². The number of carboxylic acid groups (broad SMARTS) is 1. The molecule has 1 aromatic heterocycles. The molecule has 2 rings (SSSR count). The number of aromatic carboxylic acids is 1. The van der Waals surface area contributed by atoms with E-state index in [1.807, 2.05) is 0 Å². The third kappa shape index (κ3) is 2.94. The van der Waals surface area contributed by atoms with E-state index < -0.39 is 18.1 Å². The van der Waals surface area contributed by atoms with Gasteiger partial charge in [-0.15, -0.1) is 0 Å². The van der Waals surface area contributed by atoms with E-state index in [4.69, 9.17) is 9.52 Å². The number of halogens is 3. The fourth-order valence-corrected chi connectivity index (χ4v) is 2.23. The van der Waals surface area contributed by atoms with E-state index in [0.717, 1.165) is 4.90 Å². The molecule has 1 aromatic rings. The van der Waals surface area contributed by atoms with Crippen molar-refractivity contribution in [1.29, 1.82) is 0 Å². The van der Waals surface area contributed by atoms with E-state index in [-0.39, 0.29) is 24.8 Å². The minimum Gasteiger partial charge on any atom is -0.475 e. The van der Waals surface area contributed by atoms with Gasteiger partial charge < -0.3 is 14.4 Å². The first-order chi connectivity index (χ1) is 9.29. The number of carbonyl (C=O) groups excluding carboxylic acids is 1. The third-order valence-electron chi connectivity index (χ3n) is 3.26. The Balaban J connectivity index is 1.97. The predicted molar refractivity (Wildman–Crippen MR) is 60.3 cm³/mol. The molecule has 1 amide bonds. The van der Waals surface area contributed by atoms with Crippen molar-refractivity contribution in [2.24, 2.45) is 0 Å². The first-order valence-electron chi connectivity index (χ1n) is 5.98. The molecule has 1 aliphatic heterocycles. The molecule has 1 aliphatic rings. The molecule has 0 unspecified atom stereocenters. The summed E-state index contributed by atoms with van der Waals surface area (Å²) >= 11 is 0. The highest BCUT2D eigenvalue weighted by molar-refractivity contribution is 5.84. The summed E-state index contributed by atoms with van der Waals surface area (Å²) < 4.78 is 41.9. The van der Waals surface area contributed by atoms with Crippen LogP contribution in [0.2, 0.25) is 0 Å². The molecule has 110 valence electrons. The van der Waals surface area contributed by atoms with Gasteiger partial charge in [0.15, 0.2) is 0 Å². The van der Waals surface area contributed by atoms with Gasteiger partial charge in [-0.2, -0.15) is 13.2 Å². The minimum atomic E-state index is -4.85. The number of hydrogen-bond donors (Lipinski definition) is 1. The van der Waals surface area contributed by atoms with Crippen molar-refractivity contribution in [1.82, 2.24) is 4.90 Å². The van der Waals surface area contributed by atoms with Gasteiger partial charge >= 0.3 is 18.1 Å². The summed E-state index contributed by atoms with van der Waals surface area (Å²) in [4.78, 5) is 22.5. The Hall–Kier alpha value is -1.99. The number of piperidine rings is 1. The lowest BCUT2D eigenvalue weighted by atomic mass is 9.94. The molecule has 1 fully saturated rings. The van der Waals surface area contributed by atoms with Gasteiger partial charge in [0.05, 0.1) is 0 Å². The van der Waals surface area contributed by atoms with Crippen molar-refractivity contribution >= 4 is 11.9 Å². The van der Waals surface area contributed by atoms with E-state index >= 15 is 0 Å². The molecule has 0 spiro atoms. The van der Waals surface area contributed by atoms with Crippen molar-refractivity contribution in [2.75, 3.05) is 13.1 Å². The standard InChI is InChI=1S/C12H12F3NO4/c13-12(14,15)11(19)16-5-3-7(4-6-16)8-1-2-9(20-8)10(17)18/h1-2,7H,3-6H2,(H,17,18). The van der Waals surface area contributed by atoms with Crippen LogP contribution in [0.3, 0.4) is 0 Å². The Morgan fingerprint density at radius 2 is 1.85 bits per heavy atom. The largest absolute Gasteiger partial charge is 0.475 e. The van der Waals surface area contributed by atoms with Crippen LogP contribution >= 0.6 is 0 Å². The van der Waals surface area contributed by atoms with Crippen molar-refractivity contribution < 1.29 is 32.3 Å². The number of carboxylic acids is 1. The van der Waals surface area contributed by atoms with Gasteiger partial charge in [0, 0.05) is 19.0 Å². The quantitative estimate of drug-likeness (QED) is 0.907. The van der Waals surface area contributed by atoms with Gasteiger partial charge in [0.25, 0.3) is 0 Å². The molecule has 1 N–H and O–H groups in total. The molecule has 8 heteroatoms. The smallest absolute Gasteiger partial charge is 0.471 e. The minimum absolute atomic E-state index is 0.0217. The fourth-order valence-electron chi connectivity index (χ4n) is 2.23. The highest BCUT2D eigenvalue weighted by Crippen LogP contribution is 2.31. The summed E-state index contributed by atoms with van der Waals surface area (Å²) in [6.07, 6.45) is -4.23. The van der Waals surface area contributed by atoms with Crippen LogP contribution in [0.4, 0.5) is 13.2 Å². The zero-order valence-electron chi connectivity index (χ0n) is 10.3. The van der Waals surface area contributed by atoms with Crippen molar-refractivity contribution in [3.05, 3.63) is 23.7 Å². The second-order valence-electron chi connectivity index (χ2n) is 4.57. The van der Waals surface area contributed by atoms with Crippen LogP contribution in [0.25, 0.3) is 0 Å². The Kier molecular flexibility index (Phi) is 3.74. The zero-order chi connectivity index (χ0) is 14.9. The molecule has 0 radical (unpaired) electrons. The Morgan fingerprint density at radius 3 is 2.30 bits per heavy atom. The molecule has 20 heavy (non-hydrogen) atoms. The topological polar surface area (TPSA) is 70.8 Å². The van der Waals surface area contributed by atoms with Crippen LogP contribution in [0, 0.1) is 0 Å². The van der Waals surface area contributed by atoms with E-state index in [1.54, 1.807) is 0 Å². The summed E-state index contributed by atoms with van der Waals surface area (Å²) in [6, 6.07) is 2.82. The number of hydrogen-bond acceptors (Lipinski definition) is 3. The van der Waals surface area contributed by atoms with Crippen LogP contribution in [0.15, 0.2) is 16.5 Å². The van der Waals surface area contributed by atoms with Gasteiger partial charge in [-0.1, -0.05) is 0 Å². The SMILES string of the molecule is O=C(O)c1ccc(C2CCN(C(=O)C(F)(F)F)CC2)o1. The van der Waals surface area contributed by atoms with Crippen molar-refractivity contribution in [2.45, 2.75) is 24.9 Å². The third-order valence-corrected chi connectivity index (χ3v) is 3.26. The number of alkyl halides is 3. The summed E-state index contributed by atoms with van der Waals surface area (Å²) in [5, 5.41) is 8.73. The molecule has 0 bridgehead atoms. The van der Waals surface area contributed by atoms with Gasteiger partial charge in [-0.25, -0.2) is 4.79 Å². The van der Waals surface area contributed by atoms with Crippen LogP contribution in [0.5, 0.6) is 0 Å². The second kappa shape index (κ2) is 5.18. The summed E-state index contributed by atoms with van der Waals surface area (Å²) in [5.74, 6) is -2.96. The van der Waals surface area contributed by atoms with E-state index in [2.05, 4.69) is 0 Å². The number of carbonyl (C=O) groups is 2. The molecule has 0 atom stereocenters.